The van der Waals surface area contributed by atoms with Crippen LogP contribution >= 0.6 is 34.9 Å². The average Bonchev–Trinajstić information content (AvgIpc) is 3.02. The highest BCUT2D eigenvalue weighted by Gasteiger charge is 2.57. The lowest BCUT2D eigenvalue weighted by molar-refractivity contribution is 0.0387. The predicted octanol–water partition coefficient (Wildman–Crippen LogP) is 4.53. The highest BCUT2D eigenvalue weighted by Crippen LogP contribution is 2.69. The third kappa shape index (κ3) is 6.02. The molecule has 0 aliphatic heterocycles. The van der Waals surface area contributed by atoms with E-state index in [-0.39, 0.29) is 48.8 Å². The van der Waals surface area contributed by atoms with Crippen LogP contribution in [0.1, 0.15) is 30.7 Å². The molecule has 14 heteroatoms. The van der Waals surface area contributed by atoms with Gasteiger partial charge in [-0.25, -0.2) is 13.6 Å². The molecule has 176 valence electrons. The van der Waals surface area contributed by atoms with E-state index in [1.165, 1.54) is 26.0 Å². The summed E-state index contributed by atoms with van der Waals surface area (Å²) in [4.78, 5) is -0.572. The molecule has 2 rings (SSSR count). The van der Waals surface area contributed by atoms with Crippen LogP contribution in [0.4, 0.5) is 8.78 Å². The number of rotatable bonds is 12. The minimum absolute atomic E-state index is 0.0261. The van der Waals surface area contributed by atoms with Gasteiger partial charge in [0.25, 0.3) is 0 Å². The predicted molar refractivity (Wildman–Crippen MR) is 118 cm³/mol. The fourth-order valence-electron chi connectivity index (χ4n) is 2.69. The van der Waals surface area contributed by atoms with Crippen LogP contribution in [0.25, 0.3) is 10.1 Å². The summed E-state index contributed by atoms with van der Waals surface area (Å²) in [6.45, 7) is 1.97. The molecule has 0 fully saturated rings. The number of alkyl halides is 2. The summed E-state index contributed by atoms with van der Waals surface area (Å²) in [7, 11) is -8.49. The topological polar surface area (TPSA) is 125 Å². The van der Waals surface area contributed by atoms with Gasteiger partial charge in [-0.3, -0.25) is 4.57 Å². The summed E-state index contributed by atoms with van der Waals surface area (Å²) < 4.78 is 81.2. The average molecular weight is 566 g/mol. The first-order valence-electron chi connectivity index (χ1n) is 9.16. The van der Waals surface area contributed by atoms with Crippen LogP contribution in [0.3, 0.4) is 0 Å². The van der Waals surface area contributed by atoms with Gasteiger partial charge >= 0.3 is 13.3 Å². The maximum absolute atomic E-state index is 15.3. The van der Waals surface area contributed by atoms with Gasteiger partial charge in [0, 0.05) is 9.86 Å². The first kappa shape index (κ1) is 26.6. The lowest BCUT2D eigenvalue weighted by Crippen LogP contribution is -2.18. The van der Waals surface area contributed by atoms with E-state index in [2.05, 4.69) is 15.9 Å². The number of thiophene rings is 1. The van der Waals surface area contributed by atoms with Crippen LogP contribution in [0.5, 0.6) is 5.75 Å². The van der Waals surface area contributed by atoms with Crippen molar-refractivity contribution in [2.24, 2.45) is 5.14 Å². The van der Waals surface area contributed by atoms with Crippen molar-refractivity contribution >= 4 is 55.0 Å². The number of hydrogen-bond donors (Lipinski definition) is 2. The standard InChI is InChI=1S/C17H23BrF2NO7PS2/c1-3-27-29(23,28-4-2)17(19,20)16-14(18)12-8-11(10-22)9-13(15(12)30-16)26-6-5-7-31(21,24)25/h8-9,22H,3-7,10H2,1-2H3,(H2,21,24,25). The second-order valence-electron chi connectivity index (χ2n) is 6.32. The zero-order valence-corrected chi connectivity index (χ0v) is 20.9. The summed E-state index contributed by atoms with van der Waals surface area (Å²) in [5.74, 6) is -0.134. The molecule has 1 aromatic heterocycles. The molecule has 1 aromatic carbocycles. The second-order valence-corrected chi connectivity index (χ2v) is 11.9. The third-order valence-corrected chi connectivity index (χ3v) is 9.48. The Labute approximate surface area is 191 Å². The lowest BCUT2D eigenvalue weighted by atomic mass is 10.1. The van der Waals surface area contributed by atoms with Gasteiger partial charge in [0.1, 0.15) is 10.6 Å². The van der Waals surface area contributed by atoms with Crippen molar-refractivity contribution in [3.05, 3.63) is 27.0 Å². The summed E-state index contributed by atoms with van der Waals surface area (Å²) >= 11 is 3.79. The molecule has 0 aliphatic carbocycles. The second kappa shape index (κ2) is 10.5. The van der Waals surface area contributed by atoms with Gasteiger partial charge in [-0.1, -0.05) is 0 Å². The minimum atomic E-state index is -4.83. The van der Waals surface area contributed by atoms with Crippen molar-refractivity contribution in [3.63, 3.8) is 0 Å². The Morgan fingerprint density at radius 2 is 1.87 bits per heavy atom. The molecular formula is C17H23BrF2NO7PS2. The highest BCUT2D eigenvalue weighted by molar-refractivity contribution is 9.10. The van der Waals surface area contributed by atoms with E-state index in [0.29, 0.717) is 27.0 Å². The Hall–Kier alpha value is -0.660. The molecule has 0 aliphatic rings. The monoisotopic (exact) mass is 565 g/mol. The number of fused-ring (bicyclic) bond motifs is 1. The van der Waals surface area contributed by atoms with Crippen LogP contribution in [-0.2, 0) is 35.9 Å². The van der Waals surface area contributed by atoms with E-state index in [4.69, 9.17) is 18.9 Å². The lowest BCUT2D eigenvalue weighted by Gasteiger charge is -2.25. The van der Waals surface area contributed by atoms with E-state index in [9.17, 15) is 18.1 Å². The first-order chi connectivity index (χ1) is 14.4. The van der Waals surface area contributed by atoms with Gasteiger partial charge in [0.2, 0.25) is 10.0 Å². The highest BCUT2D eigenvalue weighted by atomic mass is 79.9. The molecular weight excluding hydrogens is 543 g/mol. The quantitative estimate of drug-likeness (QED) is 0.286. The number of halogens is 3. The largest absolute Gasteiger partial charge is 0.492 e. The fourth-order valence-corrected chi connectivity index (χ4v) is 7.23. The maximum atomic E-state index is 15.3. The number of hydrogen-bond acceptors (Lipinski definition) is 8. The Morgan fingerprint density at radius 3 is 2.39 bits per heavy atom. The van der Waals surface area contributed by atoms with Crippen molar-refractivity contribution in [2.75, 3.05) is 25.6 Å². The summed E-state index contributed by atoms with van der Waals surface area (Å²) in [6.07, 6.45) is 0.0864. The molecule has 0 amide bonds. The van der Waals surface area contributed by atoms with Crippen molar-refractivity contribution in [2.45, 2.75) is 32.5 Å². The molecule has 8 nitrogen and oxygen atoms in total. The first-order valence-corrected chi connectivity index (χ1v) is 14.0. The number of nitrogens with two attached hydrogens (primary N) is 1. The fraction of sp³-hybridized carbons (Fsp3) is 0.529. The molecule has 0 saturated heterocycles. The Balaban J connectivity index is 2.53. The van der Waals surface area contributed by atoms with Gasteiger partial charge in [-0.05, 0) is 53.9 Å². The maximum Gasteiger partial charge on any atom is 0.405 e. The molecule has 0 bridgehead atoms. The van der Waals surface area contributed by atoms with E-state index >= 15 is 8.78 Å². The molecule has 0 spiro atoms. The van der Waals surface area contributed by atoms with Crippen LogP contribution in [-0.4, -0.2) is 39.1 Å². The van der Waals surface area contributed by atoms with Crippen molar-refractivity contribution in [1.29, 1.82) is 0 Å². The van der Waals surface area contributed by atoms with Crippen molar-refractivity contribution in [3.8, 4) is 5.75 Å². The summed E-state index contributed by atoms with van der Waals surface area (Å²) in [5, 5.41) is 14.8. The third-order valence-electron chi connectivity index (χ3n) is 3.98. The number of aliphatic hydroxyl groups is 1. The number of sulfonamides is 1. The van der Waals surface area contributed by atoms with E-state index < -0.39 is 28.2 Å². The normalized spacial score (nSPS) is 13.1. The number of primary sulfonamides is 1. The van der Waals surface area contributed by atoms with Gasteiger partial charge in [-0.15, -0.1) is 11.3 Å². The summed E-state index contributed by atoms with van der Waals surface area (Å²) in [6, 6.07) is 2.97. The van der Waals surface area contributed by atoms with Gasteiger partial charge in [0.05, 0.1) is 36.9 Å². The molecule has 2 aromatic rings. The Morgan fingerprint density at radius 1 is 1.26 bits per heavy atom. The minimum Gasteiger partial charge on any atom is -0.492 e. The Kier molecular flexibility index (Phi) is 9.02. The SMILES string of the molecule is CCOP(=O)(OCC)C(F)(F)c1sc2c(OCCCS(N)(=O)=O)cc(CO)cc2c1Br. The smallest absolute Gasteiger partial charge is 0.405 e. The number of ether oxygens (including phenoxy) is 1. The molecule has 0 saturated carbocycles. The van der Waals surface area contributed by atoms with Crippen LogP contribution in [0, 0.1) is 0 Å². The molecule has 0 unspecified atom stereocenters. The van der Waals surface area contributed by atoms with Gasteiger partial charge < -0.3 is 18.9 Å². The number of benzene rings is 1. The van der Waals surface area contributed by atoms with Gasteiger partial charge in [-0.2, -0.15) is 8.78 Å². The zero-order valence-electron chi connectivity index (χ0n) is 16.8. The zero-order chi connectivity index (χ0) is 23.4. The van der Waals surface area contributed by atoms with E-state index in [1.807, 2.05) is 0 Å². The van der Waals surface area contributed by atoms with Gasteiger partial charge in [0.15, 0.2) is 0 Å². The molecule has 0 radical (unpaired) electrons. The van der Waals surface area contributed by atoms with E-state index in [1.54, 1.807) is 0 Å². The van der Waals surface area contributed by atoms with E-state index in [0.717, 1.165) is 0 Å². The van der Waals surface area contributed by atoms with Crippen molar-refractivity contribution in [1.82, 2.24) is 0 Å². The molecule has 0 atom stereocenters. The molecule has 1 heterocycles. The van der Waals surface area contributed by atoms with Crippen molar-refractivity contribution < 1.29 is 40.7 Å². The van der Waals surface area contributed by atoms with Crippen LogP contribution < -0.4 is 9.88 Å². The molecule has 31 heavy (non-hydrogen) atoms. The van der Waals surface area contributed by atoms with Crippen LogP contribution in [0.2, 0.25) is 0 Å². The van der Waals surface area contributed by atoms with Crippen LogP contribution in [0.15, 0.2) is 16.6 Å². The molecule has 3 N–H and O–H groups in total. The summed E-state index contributed by atoms with van der Waals surface area (Å²) in [5.41, 5.74) is -3.56. The Bertz CT molecular complexity index is 1070. The number of aliphatic hydroxyl groups excluding tert-OH is 1.